The number of nitrogens with one attached hydrogen (secondary N) is 1. The first-order valence-electron chi connectivity index (χ1n) is 18.0. The molecule has 1 heterocycles. The van der Waals surface area contributed by atoms with Crippen molar-refractivity contribution < 1.29 is 19.7 Å². The summed E-state index contributed by atoms with van der Waals surface area (Å²) in [5.74, 6) is 0.467. The van der Waals surface area contributed by atoms with Gasteiger partial charge >= 0.3 is 0 Å². The molecule has 0 aromatic heterocycles. The molecule has 3 N–H and O–H groups in total. The van der Waals surface area contributed by atoms with Crippen molar-refractivity contribution in [3.05, 3.63) is 94.1 Å². The second kappa shape index (κ2) is 19.3. The lowest BCUT2D eigenvalue weighted by Gasteiger charge is -2.29. The number of rotatable bonds is 20. The summed E-state index contributed by atoms with van der Waals surface area (Å²) in [4.78, 5) is 0. The first kappa shape index (κ1) is 37.0. The number of aliphatic hydroxyl groups excluding tert-OH is 1. The Labute approximate surface area is 288 Å². The quantitative estimate of drug-likeness (QED) is 0.105. The average molecular weight is 656 g/mol. The fraction of sp³-hybridized carbons (Fsp3) is 0.488. The highest BCUT2D eigenvalue weighted by atomic mass is 16.5. The zero-order valence-electron chi connectivity index (χ0n) is 29.9. The van der Waals surface area contributed by atoms with Crippen LogP contribution in [0.4, 0.5) is 5.69 Å². The van der Waals surface area contributed by atoms with Crippen molar-refractivity contribution in [3.63, 3.8) is 0 Å². The van der Waals surface area contributed by atoms with Crippen LogP contribution in [0.1, 0.15) is 111 Å². The number of hydrogen-bond acceptors (Lipinski definition) is 7. The van der Waals surface area contributed by atoms with Crippen molar-refractivity contribution in [3.8, 4) is 11.5 Å². The normalized spacial score (nSPS) is 13.6. The van der Waals surface area contributed by atoms with Gasteiger partial charge in [-0.3, -0.25) is 5.43 Å². The summed E-state index contributed by atoms with van der Waals surface area (Å²) in [6.07, 6.45) is 15.5. The molecule has 0 fully saturated rings. The largest absolute Gasteiger partial charge is 0.505 e. The van der Waals surface area contributed by atoms with E-state index in [9.17, 15) is 10.2 Å². The Morgan fingerprint density at radius 3 is 1.94 bits per heavy atom. The number of aromatic hydroxyl groups is 1. The number of aliphatic hydroxyl groups is 1. The molecule has 3 aromatic carbocycles. The standard InChI is InChI=1S/C41H57N3O4/c1-6-7-8-9-10-11-12-13-14-15-16-23-47-28-34(45)29-48-35-19-22-40(41(46)26-35)44-42-38(36-20-17-30(2)24-32(36)4)27-39(43-44)37-21-18-31(3)25-33(37)5/h17-22,24-27,34,42,45-46H,6-16,23,28-29H2,1-5H3. The number of benzene rings is 3. The molecule has 1 aliphatic rings. The van der Waals surface area contributed by atoms with Crippen LogP contribution in [-0.4, -0.2) is 41.8 Å². The van der Waals surface area contributed by atoms with Crippen molar-refractivity contribution in [2.24, 2.45) is 5.10 Å². The third kappa shape index (κ3) is 11.4. The zero-order chi connectivity index (χ0) is 34.3. The molecule has 0 amide bonds. The molecule has 7 nitrogen and oxygen atoms in total. The maximum Gasteiger partial charge on any atom is 0.146 e. The van der Waals surface area contributed by atoms with Gasteiger partial charge in [0.1, 0.15) is 29.9 Å². The summed E-state index contributed by atoms with van der Waals surface area (Å²) in [5.41, 5.74) is 12.3. The van der Waals surface area contributed by atoms with Gasteiger partial charge in [0.2, 0.25) is 0 Å². The van der Waals surface area contributed by atoms with Crippen LogP contribution in [0.25, 0.3) is 5.70 Å². The van der Waals surface area contributed by atoms with Crippen LogP contribution in [-0.2, 0) is 4.74 Å². The molecule has 7 heteroatoms. The van der Waals surface area contributed by atoms with Crippen LogP contribution in [0.15, 0.2) is 65.8 Å². The third-order valence-electron chi connectivity index (χ3n) is 8.87. The van der Waals surface area contributed by atoms with Crippen LogP contribution in [0.3, 0.4) is 0 Å². The number of hydrogen-bond donors (Lipinski definition) is 3. The van der Waals surface area contributed by atoms with E-state index in [2.05, 4.69) is 82.5 Å². The lowest BCUT2D eigenvalue weighted by molar-refractivity contribution is 0.0109. The Kier molecular flexibility index (Phi) is 14.8. The van der Waals surface area contributed by atoms with Crippen molar-refractivity contribution in [2.75, 3.05) is 24.9 Å². The predicted molar refractivity (Wildman–Crippen MR) is 199 cm³/mol. The Morgan fingerprint density at radius 2 is 1.33 bits per heavy atom. The summed E-state index contributed by atoms with van der Waals surface area (Å²) < 4.78 is 11.5. The molecule has 1 unspecified atom stereocenters. The van der Waals surface area contributed by atoms with Gasteiger partial charge in [-0.1, -0.05) is 119 Å². The molecule has 1 aliphatic heterocycles. The molecular weight excluding hydrogens is 598 g/mol. The molecule has 0 spiro atoms. The highest BCUT2D eigenvalue weighted by Gasteiger charge is 2.22. The number of phenolic OH excluding ortho intramolecular Hbond substituents is 1. The summed E-state index contributed by atoms with van der Waals surface area (Å²) in [6, 6.07) is 17.8. The molecule has 1 atom stereocenters. The summed E-state index contributed by atoms with van der Waals surface area (Å²) in [6.45, 7) is 11.6. The predicted octanol–water partition coefficient (Wildman–Crippen LogP) is 9.46. The van der Waals surface area contributed by atoms with Gasteiger partial charge in [-0.25, -0.2) is 0 Å². The first-order chi connectivity index (χ1) is 23.2. The van der Waals surface area contributed by atoms with Crippen LogP contribution >= 0.6 is 0 Å². The minimum absolute atomic E-state index is 0.00726. The van der Waals surface area contributed by atoms with Gasteiger partial charge in [0, 0.05) is 23.8 Å². The maximum absolute atomic E-state index is 11.1. The van der Waals surface area contributed by atoms with Crippen molar-refractivity contribution in [2.45, 2.75) is 111 Å². The van der Waals surface area contributed by atoms with E-state index in [0.29, 0.717) is 18.0 Å². The molecular formula is C41H57N3O4. The van der Waals surface area contributed by atoms with Crippen molar-refractivity contribution in [1.29, 1.82) is 0 Å². The number of hydrazone groups is 1. The van der Waals surface area contributed by atoms with E-state index in [4.69, 9.17) is 14.6 Å². The van der Waals surface area contributed by atoms with Gasteiger partial charge in [-0.15, -0.1) is 0 Å². The minimum Gasteiger partial charge on any atom is -0.505 e. The minimum atomic E-state index is -0.751. The van der Waals surface area contributed by atoms with Crippen molar-refractivity contribution >= 4 is 17.1 Å². The Bertz CT molecular complexity index is 1520. The Morgan fingerprint density at radius 1 is 0.729 bits per heavy atom. The van der Waals surface area contributed by atoms with E-state index in [0.717, 1.165) is 46.5 Å². The molecule has 4 rings (SSSR count). The second-order valence-corrected chi connectivity index (χ2v) is 13.3. The van der Waals surface area contributed by atoms with E-state index in [1.54, 1.807) is 23.3 Å². The second-order valence-electron chi connectivity index (χ2n) is 13.3. The highest BCUT2D eigenvalue weighted by Crippen LogP contribution is 2.34. The monoisotopic (exact) mass is 655 g/mol. The van der Waals surface area contributed by atoms with E-state index in [1.165, 1.54) is 68.9 Å². The molecule has 0 saturated heterocycles. The number of aryl methyl sites for hydroxylation is 4. The maximum atomic E-state index is 11.1. The third-order valence-corrected chi connectivity index (χ3v) is 8.87. The van der Waals surface area contributed by atoms with Gasteiger partial charge in [0.05, 0.1) is 18.0 Å². The van der Waals surface area contributed by atoms with Gasteiger partial charge in [-0.2, -0.15) is 10.2 Å². The molecule has 0 bridgehead atoms. The fourth-order valence-electron chi connectivity index (χ4n) is 6.15. The number of phenols is 1. The van der Waals surface area contributed by atoms with Gasteiger partial charge in [0.25, 0.3) is 0 Å². The molecule has 48 heavy (non-hydrogen) atoms. The first-order valence-corrected chi connectivity index (χ1v) is 18.0. The van der Waals surface area contributed by atoms with E-state index in [1.807, 2.05) is 0 Å². The Balaban J connectivity index is 1.28. The van der Waals surface area contributed by atoms with E-state index < -0.39 is 6.10 Å². The molecule has 0 radical (unpaired) electrons. The number of anilines is 1. The number of ether oxygens (including phenoxy) is 2. The SMILES string of the molecule is CCCCCCCCCCCCCOCC(O)COc1ccc(N2N=C(c3ccc(C)cc3C)C=C(c3ccc(C)cc3C)N2)c(O)c1. The number of hydrazine groups is 1. The van der Waals surface area contributed by atoms with Crippen LogP contribution in [0.2, 0.25) is 0 Å². The number of unbranched alkanes of at least 4 members (excludes halogenated alkanes) is 10. The Hall–Kier alpha value is -3.81. The fourth-order valence-corrected chi connectivity index (χ4v) is 6.15. The number of allylic oxidation sites excluding steroid dienone is 1. The van der Waals surface area contributed by atoms with Crippen LogP contribution in [0, 0.1) is 27.7 Å². The zero-order valence-corrected chi connectivity index (χ0v) is 29.9. The summed E-state index contributed by atoms with van der Waals surface area (Å²) in [5, 5.41) is 28.0. The van der Waals surface area contributed by atoms with Crippen molar-refractivity contribution in [1.82, 2.24) is 5.43 Å². The lowest BCUT2D eigenvalue weighted by Crippen LogP contribution is -2.37. The van der Waals surface area contributed by atoms with Gasteiger partial charge in [-0.05, 0) is 63.5 Å². The molecule has 0 saturated carbocycles. The number of nitrogens with zero attached hydrogens (tertiary/aromatic N) is 2. The molecule has 3 aromatic rings. The van der Waals surface area contributed by atoms with E-state index >= 15 is 0 Å². The molecule has 260 valence electrons. The van der Waals surface area contributed by atoms with Crippen LogP contribution in [0.5, 0.6) is 11.5 Å². The van der Waals surface area contributed by atoms with Gasteiger partial charge < -0.3 is 19.7 Å². The summed E-state index contributed by atoms with van der Waals surface area (Å²) >= 11 is 0. The topological polar surface area (TPSA) is 86.5 Å². The van der Waals surface area contributed by atoms with Gasteiger partial charge in [0.15, 0.2) is 0 Å². The molecule has 0 aliphatic carbocycles. The van der Waals surface area contributed by atoms with Crippen LogP contribution < -0.4 is 15.3 Å². The van der Waals surface area contributed by atoms with E-state index in [-0.39, 0.29) is 19.0 Å². The summed E-state index contributed by atoms with van der Waals surface area (Å²) in [7, 11) is 0. The lowest BCUT2D eigenvalue weighted by atomic mass is 9.98. The smallest absolute Gasteiger partial charge is 0.146 e. The highest BCUT2D eigenvalue weighted by molar-refractivity contribution is 6.14. The average Bonchev–Trinajstić information content (AvgIpc) is 3.05.